The van der Waals surface area contributed by atoms with Crippen LogP contribution in [0.2, 0.25) is 0 Å². The Bertz CT molecular complexity index is 209. The van der Waals surface area contributed by atoms with Gasteiger partial charge in [0.2, 0.25) is 5.91 Å². The summed E-state index contributed by atoms with van der Waals surface area (Å²) < 4.78 is 0. The zero-order valence-electron chi connectivity index (χ0n) is 8.79. The van der Waals surface area contributed by atoms with Gasteiger partial charge in [0.25, 0.3) is 0 Å². The summed E-state index contributed by atoms with van der Waals surface area (Å²) in [6.07, 6.45) is 1.44. The van der Waals surface area contributed by atoms with Gasteiger partial charge in [0.15, 0.2) is 0 Å². The zero-order valence-corrected chi connectivity index (χ0v) is 8.79. The van der Waals surface area contributed by atoms with Crippen LogP contribution in [-0.4, -0.2) is 23.2 Å². The first kappa shape index (κ1) is 12.9. The van der Waals surface area contributed by atoms with Gasteiger partial charge < -0.3 is 10.4 Å². The molecule has 0 heterocycles. The molecule has 0 bridgehead atoms. The summed E-state index contributed by atoms with van der Waals surface area (Å²) in [6.45, 7) is 3.58. The van der Waals surface area contributed by atoms with E-state index in [-0.39, 0.29) is 11.9 Å². The van der Waals surface area contributed by atoms with Crippen LogP contribution in [0.1, 0.15) is 39.5 Å². The molecule has 0 aromatic rings. The molecule has 0 rings (SSSR count). The van der Waals surface area contributed by atoms with Gasteiger partial charge in [-0.25, -0.2) is 0 Å². The molecule has 2 atom stereocenters. The summed E-state index contributed by atoms with van der Waals surface area (Å²) in [5.41, 5.74) is 0. The van der Waals surface area contributed by atoms with E-state index in [1.807, 2.05) is 13.0 Å². The molecule has 14 heavy (non-hydrogen) atoms. The second kappa shape index (κ2) is 7.34. The summed E-state index contributed by atoms with van der Waals surface area (Å²) in [7, 11) is 0. The van der Waals surface area contributed by atoms with Crippen molar-refractivity contribution < 1.29 is 9.90 Å². The number of rotatable bonds is 6. The number of carbonyl (C=O) groups is 1. The van der Waals surface area contributed by atoms with Crippen LogP contribution < -0.4 is 5.32 Å². The molecule has 4 heteroatoms. The van der Waals surface area contributed by atoms with E-state index in [9.17, 15) is 4.79 Å². The van der Waals surface area contributed by atoms with Crippen molar-refractivity contribution in [1.82, 2.24) is 5.32 Å². The van der Waals surface area contributed by atoms with Crippen LogP contribution in [0.4, 0.5) is 0 Å². The first-order chi connectivity index (χ1) is 6.60. The molecule has 1 amide bonds. The topological polar surface area (TPSA) is 73.1 Å². The smallest absolute Gasteiger partial charge is 0.220 e. The Balaban J connectivity index is 3.74. The van der Waals surface area contributed by atoms with Crippen molar-refractivity contribution in [3.8, 4) is 6.07 Å². The number of aliphatic hydroxyl groups excluding tert-OH is 1. The fourth-order valence-electron chi connectivity index (χ4n) is 1.05. The molecule has 0 aliphatic heterocycles. The van der Waals surface area contributed by atoms with E-state index < -0.39 is 6.10 Å². The SMILES string of the molecule is CCC(CC#N)NC(=O)CCC(C)O. The lowest BCUT2D eigenvalue weighted by Crippen LogP contribution is -2.34. The maximum Gasteiger partial charge on any atom is 0.220 e. The van der Waals surface area contributed by atoms with Crippen molar-refractivity contribution >= 4 is 5.91 Å². The largest absolute Gasteiger partial charge is 0.393 e. The monoisotopic (exact) mass is 198 g/mol. The second-order valence-corrected chi connectivity index (χ2v) is 3.42. The Hall–Kier alpha value is -1.08. The predicted molar refractivity (Wildman–Crippen MR) is 53.4 cm³/mol. The minimum absolute atomic E-state index is 0.0542. The number of hydrogen-bond acceptors (Lipinski definition) is 3. The summed E-state index contributed by atoms with van der Waals surface area (Å²) >= 11 is 0. The Morgan fingerprint density at radius 1 is 1.64 bits per heavy atom. The van der Waals surface area contributed by atoms with Crippen LogP contribution in [0, 0.1) is 11.3 Å². The number of hydrogen-bond donors (Lipinski definition) is 2. The van der Waals surface area contributed by atoms with Crippen LogP contribution in [-0.2, 0) is 4.79 Å². The molecule has 2 N–H and O–H groups in total. The summed E-state index contributed by atoms with van der Waals surface area (Å²) in [5.74, 6) is -0.0898. The van der Waals surface area contributed by atoms with Crippen molar-refractivity contribution in [2.45, 2.75) is 51.7 Å². The molecule has 0 saturated heterocycles. The van der Waals surface area contributed by atoms with E-state index in [2.05, 4.69) is 5.32 Å². The standard InChI is InChI=1S/C10H18N2O2/c1-3-9(6-7-11)12-10(14)5-4-8(2)13/h8-9,13H,3-6H2,1-2H3,(H,12,14). The Labute approximate surface area is 84.9 Å². The molecule has 0 saturated carbocycles. The first-order valence-corrected chi connectivity index (χ1v) is 4.94. The Morgan fingerprint density at radius 3 is 2.71 bits per heavy atom. The van der Waals surface area contributed by atoms with Crippen LogP contribution in [0.5, 0.6) is 0 Å². The molecular weight excluding hydrogens is 180 g/mol. The van der Waals surface area contributed by atoms with Crippen molar-refractivity contribution in [3.63, 3.8) is 0 Å². The average Bonchev–Trinajstić information content (AvgIpc) is 2.14. The Kier molecular flexibility index (Phi) is 6.77. The average molecular weight is 198 g/mol. The molecule has 80 valence electrons. The third-order valence-corrected chi connectivity index (χ3v) is 1.98. The lowest BCUT2D eigenvalue weighted by molar-refractivity contribution is -0.122. The summed E-state index contributed by atoms with van der Waals surface area (Å²) in [4.78, 5) is 11.3. The van der Waals surface area contributed by atoms with Gasteiger partial charge in [-0.2, -0.15) is 5.26 Å². The van der Waals surface area contributed by atoms with Crippen molar-refractivity contribution in [3.05, 3.63) is 0 Å². The third kappa shape index (κ3) is 6.44. The quantitative estimate of drug-likeness (QED) is 0.667. The van der Waals surface area contributed by atoms with E-state index in [1.54, 1.807) is 6.92 Å². The molecule has 0 aliphatic carbocycles. The highest BCUT2D eigenvalue weighted by molar-refractivity contribution is 5.76. The maximum atomic E-state index is 11.3. The first-order valence-electron chi connectivity index (χ1n) is 4.94. The zero-order chi connectivity index (χ0) is 11.0. The molecule has 0 aliphatic rings. The molecule has 0 aromatic carbocycles. The number of amides is 1. The van der Waals surface area contributed by atoms with Gasteiger partial charge in [0, 0.05) is 12.5 Å². The fraction of sp³-hybridized carbons (Fsp3) is 0.800. The summed E-state index contributed by atoms with van der Waals surface area (Å²) in [6, 6.07) is 1.97. The van der Waals surface area contributed by atoms with E-state index in [1.165, 1.54) is 0 Å². The normalized spacial score (nSPS) is 14.1. The van der Waals surface area contributed by atoms with Crippen LogP contribution in [0.25, 0.3) is 0 Å². The molecule has 2 unspecified atom stereocenters. The Morgan fingerprint density at radius 2 is 2.29 bits per heavy atom. The molecule has 4 nitrogen and oxygen atoms in total. The minimum atomic E-state index is -0.447. The number of nitrogens with zero attached hydrogens (tertiary/aromatic N) is 1. The molecule has 0 spiro atoms. The van der Waals surface area contributed by atoms with Gasteiger partial charge in [-0.3, -0.25) is 4.79 Å². The highest BCUT2D eigenvalue weighted by Gasteiger charge is 2.10. The van der Waals surface area contributed by atoms with Crippen molar-refractivity contribution in [1.29, 1.82) is 5.26 Å². The summed E-state index contributed by atoms with van der Waals surface area (Å²) in [5, 5.41) is 20.2. The lowest BCUT2D eigenvalue weighted by atomic mass is 10.1. The molecule has 0 fully saturated rings. The number of nitrogens with one attached hydrogen (secondary N) is 1. The van der Waals surface area contributed by atoms with Crippen LogP contribution >= 0.6 is 0 Å². The number of nitriles is 1. The van der Waals surface area contributed by atoms with Crippen LogP contribution in [0.3, 0.4) is 0 Å². The van der Waals surface area contributed by atoms with E-state index in [0.29, 0.717) is 19.3 Å². The number of aliphatic hydroxyl groups is 1. The maximum absolute atomic E-state index is 11.3. The van der Waals surface area contributed by atoms with E-state index in [4.69, 9.17) is 10.4 Å². The minimum Gasteiger partial charge on any atom is -0.393 e. The van der Waals surface area contributed by atoms with Crippen molar-refractivity contribution in [2.24, 2.45) is 0 Å². The van der Waals surface area contributed by atoms with Gasteiger partial charge in [-0.1, -0.05) is 6.92 Å². The fourth-order valence-corrected chi connectivity index (χ4v) is 1.05. The van der Waals surface area contributed by atoms with Crippen LogP contribution in [0.15, 0.2) is 0 Å². The van der Waals surface area contributed by atoms with Gasteiger partial charge >= 0.3 is 0 Å². The third-order valence-electron chi connectivity index (χ3n) is 1.98. The van der Waals surface area contributed by atoms with Crippen molar-refractivity contribution in [2.75, 3.05) is 0 Å². The van der Waals surface area contributed by atoms with Gasteiger partial charge in [-0.15, -0.1) is 0 Å². The van der Waals surface area contributed by atoms with Gasteiger partial charge in [-0.05, 0) is 19.8 Å². The highest BCUT2D eigenvalue weighted by atomic mass is 16.3. The molecule has 0 aromatic heterocycles. The van der Waals surface area contributed by atoms with Gasteiger partial charge in [0.1, 0.15) is 0 Å². The predicted octanol–water partition coefficient (Wildman–Crippen LogP) is 0.956. The van der Waals surface area contributed by atoms with E-state index >= 15 is 0 Å². The van der Waals surface area contributed by atoms with Gasteiger partial charge in [0.05, 0.1) is 18.6 Å². The lowest BCUT2D eigenvalue weighted by Gasteiger charge is -2.13. The molecular formula is C10H18N2O2. The number of carbonyl (C=O) groups excluding carboxylic acids is 1. The van der Waals surface area contributed by atoms with E-state index in [0.717, 1.165) is 6.42 Å². The highest BCUT2D eigenvalue weighted by Crippen LogP contribution is 2.00. The molecule has 0 radical (unpaired) electrons. The second-order valence-electron chi connectivity index (χ2n) is 3.42.